The van der Waals surface area contributed by atoms with Crippen LogP contribution in [-0.2, 0) is 0 Å². The number of carbonyl (C=O) groups is 1. The van der Waals surface area contributed by atoms with Crippen LogP contribution in [0.4, 0.5) is 0 Å². The van der Waals surface area contributed by atoms with E-state index in [9.17, 15) is 4.79 Å². The molecule has 0 spiro atoms. The van der Waals surface area contributed by atoms with Gasteiger partial charge < -0.3 is 5.11 Å². The van der Waals surface area contributed by atoms with Crippen LogP contribution in [0.2, 0.25) is 0 Å². The van der Waals surface area contributed by atoms with Crippen LogP contribution in [0.5, 0.6) is 0 Å². The number of carboxylic acids is 1. The van der Waals surface area contributed by atoms with E-state index < -0.39 is 5.97 Å². The van der Waals surface area contributed by atoms with Crippen molar-refractivity contribution in [2.45, 2.75) is 0 Å². The lowest BCUT2D eigenvalue weighted by Crippen LogP contribution is -1.96. The van der Waals surface area contributed by atoms with Crippen molar-refractivity contribution in [2.75, 3.05) is 0 Å². The van der Waals surface area contributed by atoms with Gasteiger partial charge in [0.25, 0.3) is 0 Å². The number of hydrogen-bond donors (Lipinski definition) is 1. The Balaban J connectivity index is 0.000000146. The highest BCUT2D eigenvalue weighted by atomic mass is 16.4. The highest BCUT2D eigenvalue weighted by Crippen LogP contribution is 2.18. The van der Waals surface area contributed by atoms with Crippen molar-refractivity contribution in [3.05, 3.63) is 96.1 Å². The minimum atomic E-state index is -0.878. The fraction of sp³-hybridized carbons (Fsp3) is 0. The molecule has 0 atom stereocenters. The third kappa shape index (κ3) is 3.49. The van der Waals surface area contributed by atoms with Crippen LogP contribution in [-0.4, -0.2) is 11.1 Å². The van der Waals surface area contributed by atoms with Crippen molar-refractivity contribution in [1.82, 2.24) is 0 Å². The molecular weight excluding hydrogens is 310 g/mol. The molecule has 120 valence electrons. The monoisotopic (exact) mass is 325 g/mol. The average molecular weight is 325 g/mol. The number of hydrogen-bond acceptors (Lipinski definition) is 2. The summed E-state index contributed by atoms with van der Waals surface area (Å²) < 4.78 is 0. The lowest BCUT2D eigenvalue weighted by molar-refractivity contribution is 0.0699. The van der Waals surface area contributed by atoms with Crippen LogP contribution in [0.3, 0.4) is 0 Å². The molecular formula is C22H15NO2. The van der Waals surface area contributed by atoms with Gasteiger partial charge in [-0.1, -0.05) is 72.8 Å². The Hall–Kier alpha value is -3.64. The molecule has 0 aliphatic heterocycles. The lowest BCUT2D eigenvalue weighted by Gasteiger charge is -2.00. The first-order valence-electron chi connectivity index (χ1n) is 7.79. The van der Waals surface area contributed by atoms with Gasteiger partial charge >= 0.3 is 5.97 Å². The predicted molar refractivity (Wildman–Crippen MR) is 99.6 cm³/mol. The van der Waals surface area contributed by atoms with Gasteiger partial charge in [0.05, 0.1) is 17.2 Å². The highest BCUT2D eigenvalue weighted by molar-refractivity contribution is 6.03. The Bertz CT molecular complexity index is 1080. The minimum absolute atomic E-state index is 0.359. The maximum absolute atomic E-state index is 10.8. The topological polar surface area (TPSA) is 61.1 Å². The molecule has 0 aromatic heterocycles. The molecule has 0 amide bonds. The summed E-state index contributed by atoms with van der Waals surface area (Å²) >= 11 is 0. The van der Waals surface area contributed by atoms with Crippen molar-refractivity contribution in [2.24, 2.45) is 0 Å². The Morgan fingerprint density at radius 2 is 1.24 bits per heavy atom. The summed E-state index contributed by atoms with van der Waals surface area (Å²) in [7, 11) is 0. The number of aromatic carboxylic acids is 1. The molecule has 4 rings (SSSR count). The summed E-state index contributed by atoms with van der Waals surface area (Å²) in [6.45, 7) is 0. The van der Waals surface area contributed by atoms with Gasteiger partial charge in [0, 0.05) is 0 Å². The highest BCUT2D eigenvalue weighted by Gasteiger charge is 2.05. The van der Waals surface area contributed by atoms with Gasteiger partial charge in [-0.25, -0.2) is 4.79 Å². The molecule has 0 saturated heterocycles. The van der Waals surface area contributed by atoms with E-state index in [4.69, 9.17) is 10.4 Å². The van der Waals surface area contributed by atoms with Gasteiger partial charge in [0.2, 0.25) is 0 Å². The van der Waals surface area contributed by atoms with Gasteiger partial charge in [-0.05, 0) is 33.7 Å². The van der Waals surface area contributed by atoms with Crippen molar-refractivity contribution >= 4 is 27.5 Å². The molecule has 0 unspecified atom stereocenters. The fourth-order valence-electron chi connectivity index (χ4n) is 2.73. The number of fused-ring (bicyclic) bond motifs is 2. The Morgan fingerprint density at radius 1 is 0.720 bits per heavy atom. The summed E-state index contributed by atoms with van der Waals surface area (Å²) in [5, 5.41) is 21.6. The van der Waals surface area contributed by atoms with E-state index in [-0.39, 0.29) is 0 Å². The first-order chi connectivity index (χ1) is 12.2. The molecule has 1 N–H and O–H groups in total. The third-order valence-corrected chi connectivity index (χ3v) is 3.93. The molecule has 3 nitrogen and oxygen atoms in total. The zero-order valence-corrected chi connectivity index (χ0v) is 13.4. The van der Waals surface area contributed by atoms with E-state index in [0.29, 0.717) is 5.56 Å². The van der Waals surface area contributed by atoms with E-state index in [1.165, 1.54) is 0 Å². The van der Waals surface area contributed by atoms with Crippen molar-refractivity contribution in [1.29, 1.82) is 5.26 Å². The molecule has 0 aliphatic carbocycles. The Labute approximate surface area is 145 Å². The zero-order valence-electron chi connectivity index (χ0n) is 13.4. The van der Waals surface area contributed by atoms with Crippen LogP contribution >= 0.6 is 0 Å². The largest absolute Gasteiger partial charge is 0.478 e. The summed E-state index contributed by atoms with van der Waals surface area (Å²) in [6, 6.07) is 28.6. The lowest BCUT2D eigenvalue weighted by atomic mass is 10.1. The number of rotatable bonds is 1. The smallest absolute Gasteiger partial charge is 0.336 e. The van der Waals surface area contributed by atoms with Crippen molar-refractivity contribution in [3.8, 4) is 6.07 Å². The van der Waals surface area contributed by atoms with E-state index in [0.717, 1.165) is 27.1 Å². The second kappa shape index (κ2) is 7.29. The summed E-state index contributed by atoms with van der Waals surface area (Å²) in [5.74, 6) is -0.878. The molecule has 4 aromatic carbocycles. The first-order valence-corrected chi connectivity index (χ1v) is 7.79. The second-order valence-electron chi connectivity index (χ2n) is 5.47. The molecule has 25 heavy (non-hydrogen) atoms. The average Bonchev–Trinajstić information content (AvgIpc) is 2.67. The molecule has 0 fully saturated rings. The Morgan fingerprint density at radius 3 is 1.88 bits per heavy atom. The first kappa shape index (κ1) is 16.2. The van der Waals surface area contributed by atoms with Gasteiger partial charge in [0.1, 0.15) is 0 Å². The minimum Gasteiger partial charge on any atom is -0.478 e. The van der Waals surface area contributed by atoms with Crippen molar-refractivity contribution in [3.63, 3.8) is 0 Å². The third-order valence-electron chi connectivity index (χ3n) is 3.93. The summed E-state index contributed by atoms with van der Waals surface area (Å²) in [6.07, 6.45) is 0. The summed E-state index contributed by atoms with van der Waals surface area (Å²) in [5.41, 5.74) is 1.10. The van der Waals surface area contributed by atoms with E-state index in [1.54, 1.807) is 12.1 Å². The normalized spacial score (nSPS) is 9.88. The zero-order chi connectivity index (χ0) is 17.6. The van der Waals surface area contributed by atoms with Gasteiger partial charge in [-0.15, -0.1) is 0 Å². The second-order valence-corrected chi connectivity index (χ2v) is 5.47. The molecule has 0 saturated carbocycles. The van der Waals surface area contributed by atoms with E-state index >= 15 is 0 Å². The van der Waals surface area contributed by atoms with E-state index in [2.05, 4.69) is 6.07 Å². The summed E-state index contributed by atoms with van der Waals surface area (Å²) in [4.78, 5) is 10.8. The van der Waals surface area contributed by atoms with Crippen LogP contribution < -0.4 is 0 Å². The Kier molecular flexibility index (Phi) is 4.73. The molecule has 0 bridgehead atoms. The SMILES string of the molecule is N#Cc1cccc2ccccc12.O=C(O)c1cccc2ccccc12. The number of nitriles is 1. The fourth-order valence-corrected chi connectivity index (χ4v) is 2.73. The quantitative estimate of drug-likeness (QED) is 0.520. The molecule has 0 heterocycles. The molecule has 0 radical (unpaired) electrons. The van der Waals surface area contributed by atoms with Crippen LogP contribution in [0, 0.1) is 11.3 Å². The standard InChI is InChI=1S/C11H7N.C11H8O2/c12-8-10-6-3-5-9-4-1-2-7-11(9)10;12-11(13)10-7-3-5-8-4-1-2-6-9(8)10/h1-7H;1-7H,(H,12,13). The van der Waals surface area contributed by atoms with Crippen LogP contribution in [0.25, 0.3) is 21.5 Å². The maximum atomic E-state index is 10.8. The number of nitrogens with zero attached hydrogens (tertiary/aromatic N) is 1. The predicted octanol–water partition coefficient (Wildman–Crippen LogP) is 5.25. The maximum Gasteiger partial charge on any atom is 0.336 e. The van der Waals surface area contributed by atoms with Gasteiger partial charge in [-0.3, -0.25) is 0 Å². The molecule has 3 heteroatoms. The van der Waals surface area contributed by atoms with Gasteiger partial charge in [0.15, 0.2) is 0 Å². The van der Waals surface area contributed by atoms with E-state index in [1.807, 2.05) is 72.8 Å². The van der Waals surface area contributed by atoms with Crippen molar-refractivity contribution < 1.29 is 9.90 Å². The van der Waals surface area contributed by atoms with Crippen LogP contribution in [0.1, 0.15) is 15.9 Å². The number of carboxylic acid groups (broad SMARTS) is 1. The number of benzene rings is 4. The molecule has 0 aliphatic rings. The van der Waals surface area contributed by atoms with Gasteiger partial charge in [-0.2, -0.15) is 5.26 Å². The molecule has 4 aromatic rings. The van der Waals surface area contributed by atoms with Crippen LogP contribution in [0.15, 0.2) is 84.9 Å².